The molecule has 2 fully saturated rings. The third kappa shape index (κ3) is 3.36. The summed E-state index contributed by atoms with van der Waals surface area (Å²) < 4.78 is 30.0. The van der Waals surface area contributed by atoms with Crippen molar-refractivity contribution in [1.82, 2.24) is 4.90 Å². The zero-order valence-electron chi connectivity index (χ0n) is 18.5. The molecule has 0 aromatic heterocycles. The number of benzene rings is 1. The number of nitrogens with zero attached hydrogens (tertiary/aromatic N) is 1. The summed E-state index contributed by atoms with van der Waals surface area (Å²) in [6, 6.07) is 2.63. The van der Waals surface area contributed by atoms with E-state index in [-0.39, 0.29) is 29.7 Å². The number of carbonyl (C=O) groups is 1. The smallest absolute Gasteiger partial charge is 0.337 e. The summed E-state index contributed by atoms with van der Waals surface area (Å²) in [5.74, 6) is -0.583. The predicted octanol–water partition coefficient (Wildman–Crippen LogP) is 2.64. The molecule has 0 bridgehead atoms. The molecule has 3 aliphatic heterocycles. The van der Waals surface area contributed by atoms with E-state index in [1.807, 2.05) is 0 Å². The molecule has 3 heterocycles. The van der Waals surface area contributed by atoms with Crippen LogP contribution in [0.15, 0.2) is 24.0 Å². The van der Waals surface area contributed by atoms with Gasteiger partial charge >= 0.3 is 5.97 Å². The summed E-state index contributed by atoms with van der Waals surface area (Å²) in [5, 5.41) is 15.2. The molecule has 0 amide bonds. The lowest BCUT2D eigenvalue weighted by Crippen LogP contribution is -2.64. The van der Waals surface area contributed by atoms with E-state index < -0.39 is 17.4 Å². The fourth-order valence-electron chi connectivity index (χ4n) is 5.85. The van der Waals surface area contributed by atoms with Crippen LogP contribution < -0.4 is 10.1 Å². The molecule has 0 unspecified atom stereocenters. The maximum atomic E-state index is 14.4. The van der Waals surface area contributed by atoms with Crippen molar-refractivity contribution in [2.24, 2.45) is 11.8 Å². The number of hydrogen-bond donors (Lipinski definition) is 2. The Kier molecular flexibility index (Phi) is 5.87. The molecule has 7 nitrogen and oxygen atoms in total. The summed E-state index contributed by atoms with van der Waals surface area (Å²) in [4.78, 5) is 14.9. The Morgan fingerprint density at radius 3 is 2.81 bits per heavy atom. The normalized spacial score (nSPS) is 32.4. The highest BCUT2D eigenvalue weighted by Crippen LogP contribution is 2.53. The Morgan fingerprint density at radius 2 is 2.16 bits per heavy atom. The molecule has 3 aliphatic rings. The van der Waals surface area contributed by atoms with Crippen molar-refractivity contribution in [3.8, 4) is 5.75 Å². The van der Waals surface area contributed by atoms with Gasteiger partial charge in [-0.05, 0) is 36.8 Å². The highest BCUT2D eigenvalue weighted by atomic mass is 19.1. The zero-order chi connectivity index (χ0) is 22.3. The Bertz CT molecular complexity index is 891. The van der Waals surface area contributed by atoms with Gasteiger partial charge in [0.15, 0.2) is 11.6 Å². The van der Waals surface area contributed by atoms with Crippen LogP contribution in [-0.4, -0.2) is 62.5 Å². The van der Waals surface area contributed by atoms with Crippen LogP contribution in [0.25, 0.3) is 0 Å². The minimum Gasteiger partial charge on any atom is -0.504 e. The fraction of sp³-hybridized carbons (Fsp3) is 0.609. The van der Waals surface area contributed by atoms with E-state index in [0.29, 0.717) is 36.2 Å². The van der Waals surface area contributed by atoms with Crippen LogP contribution in [0.4, 0.5) is 10.1 Å². The molecule has 1 aromatic rings. The maximum absolute atomic E-state index is 14.4. The van der Waals surface area contributed by atoms with Gasteiger partial charge in [-0.3, -0.25) is 4.90 Å². The highest BCUT2D eigenvalue weighted by molar-refractivity contribution is 5.88. The summed E-state index contributed by atoms with van der Waals surface area (Å²) >= 11 is 0. The lowest BCUT2D eigenvalue weighted by atomic mass is 9.69. The van der Waals surface area contributed by atoms with Crippen molar-refractivity contribution < 1.29 is 28.5 Å². The van der Waals surface area contributed by atoms with Gasteiger partial charge in [0.05, 0.1) is 44.8 Å². The summed E-state index contributed by atoms with van der Waals surface area (Å²) in [6.45, 7) is 3.61. The first-order valence-electron chi connectivity index (χ1n) is 10.8. The Hall–Kier alpha value is -2.32. The molecule has 0 radical (unpaired) electrons. The molecule has 4 rings (SSSR count). The van der Waals surface area contributed by atoms with E-state index in [4.69, 9.17) is 14.2 Å². The van der Waals surface area contributed by atoms with Crippen LogP contribution in [0.1, 0.15) is 31.7 Å². The van der Waals surface area contributed by atoms with Gasteiger partial charge in [-0.25, -0.2) is 9.18 Å². The zero-order valence-corrected chi connectivity index (χ0v) is 18.5. The number of methoxy groups -OCH3 is 3. The minimum absolute atomic E-state index is 0.0448. The van der Waals surface area contributed by atoms with Crippen LogP contribution in [0, 0.1) is 17.7 Å². The Balaban J connectivity index is 1.71. The Morgan fingerprint density at radius 1 is 1.39 bits per heavy atom. The van der Waals surface area contributed by atoms with Gasteiger partial charge in [-0.15, -0.1) is 0 Å². The number of halogens is 1. The van der Waals surface area contributed by atoms with E-state index in [0.717, 1.165) is 13.0 Å². The van der Waals surface area contributed by atoms with Gasteiger partial charge in [0.25, 0.3) is 0 Å². The van der Waals surface area contributed by atoms with Crippen molar-refractivity contribution in [2.45, 2.75) is 43.9 Å². The monoisotopic (exact) mass is 434 g/mol. The second kappa shape index (κ2) is 8.31. The van der Waals surface area contributed by atoms with Gasteiger partial charge in [0.1, 0.15) is 5.60 Å². The molecular formula is C23H31FN2O5. The number of fused-ring (bicyclic) bond motifs is 5. The quantitative estimate of drug-likeness (QED) is 0.419. The molecule has 0 spiro atoms. The van der Waals surface area contributed by atoms with E-state index in [1.54, 1.807) is 6.07 Å². The lowest BCUT2D eigenvalue weighted by Gasteiger charge is -2.53. The van der Waals surface area contributed by atoms with E-state index in [2.05, 4.69) is 17.1 Å². The summed E-state index contributed by atoms with van der Waals surface area (Å²) in [6.07, 6.45) is 3.53. The average molecular weight is 435 g/mol. The van der Waals surface area contributed by atoms with Crippen LogP contribution in [0.5, 0.6) is 5.75 Å². The molecule has 31 heavy (non-hydrogen) atoms. The molecule has 1 aromatic carbocycles. The fourth-order valence-corrected chi connectivity index (χ4v) is 5.85. The number of ether oxygens (including phenoxy) is 3. The van der Waals surface area contributed by atoms with Gasteiger partial charge < -0.3 is 24.6 Å². The maximum Gasteiger partial charge on any atom is 0.337 e. The number of hydrogen-bond acceptors (Lipinski definition) is 7. The third-order valence-corrected chi connectivity index (χ3v) is 7.33. The number of anilines is 1. The molecule has 170 valence electrons. The Labute approximate surface area is 182 Å². The number of carbonyl (C=O) groups excluding carboxylic acids is 1. The third-order valence-electron chi connectivity index (χ3n) is 7.33. The van der Waals surface area contributed by atoms with Crippen LogP contribution in [0.3, 0.4) is 0 Å². The standard InChI is InChI=1S/C23H31FN2O5/c1-5-13-11-26-9-8-23(28)19-17(7-6-16(24)20(19)30-3)25-21(23)18(26)10-14(13)15(12-29-2)22(27)31-4/h6-7,12-14,18,21,25,28H,5,8-11H2,1-4H3/b15-12-/t13-,14+,18+,21-,23+/m0/s1. The molecule has 0 saturated carbocycles. The minimum atomic E-state index is -1.25. The van der Waals surface area contributed by atoms with Crippen molar-refractivity contribution in [2.75, 3.05) is 39.7 Å². The van der Waals surface area contributed by atoms with Gasteiger partial charge in [0, 0.05) is 24.8 Å². The number of nitrogens with one attached hydrogen (secondary N) is 1. The molecule has 2 N–H and O–H groups in total. The molecule has 8 heteroatoms. The summed E-state index contributed by atoms with van der Waals surface area (Å²) in [7, 11) is 4.32. The van der Waals surface area contributed by atoms with Crippen molar-refractivity contribution >= 4 is 11.7 Å². The highest BCUT2D eigenvalue weighted by Gasteiger charge is 2.57. The van der Waals surface area contributed by atoms with E-state index in [1.165, 1.54) is 33.7 Å². The molecule has 2 saturated heterocycles. The van der Waals surface area contributed by atoms with Gasteiger partial charge in [-0.1, -0.05) is 13.3 Å². The predicted molar refractivity (Wildman–Crippen MR) is 113 cm³/mol. The molecule has 5 atom stereocenters. The van der Waals surface area contributed by atoms with Crippen molar-refractivity contribution in [3.63, 3.8) is 0 Å². The second-order valence-electron chi connectivity index (χ2n) is 8.67. The SMILES string of the molecule is CC[C@H]1CN2CC[C@@]3(O)c4c(ccc(F)c4OC)N[C@H]3[C@H]2C[C@H]1/C(=C/OC)C(=O)OC. The van der Waals surface area contributed by atoms with Gasteiger partial charge in [-0.2, -0.15) is 0 Å². The van der Waals surface area contributed by atoms with E-state index in [9.17, 15) is 14.3 Å². The van der Waals surface area contributed by atoms with Crippen LogP contribution in [-0.2, 0) is 19.9 Å². The first kappa shape index (κ1) is 21.9. The number of esters is 1. The van der Waals surface area contributed by atoms with Crippen molar-refractivity contribution in [3.05, 3.63) is 35.3 Å². The lowest BCUT2D eigenvalue weighted by molar-refractivity contribution is -0.138. The van der Waals surface area contributed by atoms with Crippen molar-refractivity contribution in [1.29, 1.82) is 0 Å². The largest absolute Gasteiger partial charge is 0.504 e. The molecular weight excluding hydrogens is 403 g/mol. The number of rotatable bonds is 5. The first-order valence-corrected chi connectivity index (χ1v) is 10.8. The van der Waals surface area contributed by atoms with Crippen LogP contribution >= 0.6 is 0 Å². The number of piperidine rings is 2. The summed E-state index contributed by atoms with van der Waals surface area (Å²) in [5.41, 5.74) is 0.464. The average Bonchev–Trinajstić information content (AvgIpc) is 3.09. The number of aliphatic hydroxyl groups is 1. The molecule has 0 aliphatic carbocycles. The first-order chi connectivity index (χ1) is 14.9. The van der Waals surface area contributed by atoms with E-state index >= 15 is 0 Å². The van der Waals surface area contributed by atoms with Crippen LogP contribution in [0.2, 0.25) is 0 Å². The topological polar surface area (TPSA) is 80.3 Å². The van der Waals surface area contributed by atoms with Gasteiger partial charge in [0.2, 0.25) is 0 Å². The second-order valence-corrected chi connectivity index (χ2v) is 8.67.